The lowest BCUT2D eigenvalue weighted by molar-refractivity contribution is -0.233. The van der Waals surface area contributed by atoms with E-state index in [2.05, 4.69) is 15.5 Å². The smallest absolute Gasteiger partial charge is 0.234 e. The fourth-order valence-electron chi connectivity index (χ4n) is 7.50. The summed E-state index contributed by atoms with van der Waals surface area (Å²) < 4.78 is 6.34. The van der Waals surface area contributed by atoms with Crippen molar-refractivity contribution in [2.45, 2.75) is 114 Å². The molecule has 6 bridgehead atoms. The van der Waals surface area contributed by atoms with Gasteiger partial charge >= 0.3 is 0 Å². The van der Waals surface area contributed by atoms with Crippen LogP contribution in [0.2, 0.25) is 0 Å². The van der Waals surface area contributed by atoms with Crippen LogP contribution in [-0.2, 0) is 14.3 Å². The number of piperidine rings is 1. The van der Waals surface area contributed by atoms with Gasteiger partial charge in [0.25, 0.3) is 0 Å². The molecule has 6 aliphatic rings. The second-order valence-electron chi connectivity index (χ2n) is 12.0. The molecule has 0 aromatic carbocycles. The summed E-state index contributed by atoms with van der Waals surface area (Å²) in [6, 6.07) is 0.895. The van der Waals surface area contributed by atoms with Crippen molar-refractivity contribution >= 4 is 11.8 Å². The SMILES string of the molecule is CC(C)(C)NC(=O)CN1C2CC[C@@H]1CC(CC(=O)NC13CC4CC(CC(C4)O1)C3)C2. The first-order valence-electron chi connectivity index (χ1n) is 12.2. The molecule has 0 spiro atoms. The lowest BCUT2D eigenvalue weighted by Crippen LogP contribution is -2.63. The molecule has 6 nitrogen and oxygen atoms in total. The zero-order chi connectivity index (χ0) is 21.1. The van der Waals surface area contributed by atoms with E-state index in [0.29, 0.717) is 37.1 Å². The second kappa shape index (κ2) is 7.47. The minimum absolute atomic E-state index is 0.120. The van der Waals surface area contributed by atoms with Gasteiger partial charge in [0.1, 0.15) is 5.72 Å². The van der Waals surface area contributed by atoms with Crippen molar-refractivity contribution in [3.05, 3.63) is 0 Å². The van der Waals surface area contributed by atoms with Crippen molar-refractivity contribution in [1.82, 2.24) is 15.5 Å². The van der Waals surface area contributed by atoms with Gasteiger partial charge in [0.05, 0.1) is 12.6 Å². The van der Waals surface area contributed by atoms with Gasteiger partial charge in [-0.25, -0.2) is 0 Å². The van der Waals surface area contributed by atoms with Gasteiger partial charge in [-0.1, -0.05) is 0 Å². The lowest BCUT2D eigenvalue weighted by atomic mass is 9.65. The molecule has 2 amide bonds. The third-order valence-electron chi connectivity index (χ3n) is 8.15. The van der Waals surface area contributed by atoms with Crippen molar-refractivity contribution in [2.75, 3.05) is 6.54 Å². The van der Waals surface area contributed by atoms with E-state index in [-0.39, 0.29) is 23.1 Å². The topological polar surface area (TPSA) is 70.7 Å². The molecule has 6 rings (SSSR count). The van der Waals surface area contributed by atoms with Crippen LogP contribution >= 0.6 is 0 Å². The summed E-state index contributed by atoms with van der Waals surface area (Å²) in [7, 11) is 0. The fraction of sp³-hybridized carbons (Fsp3) is 0.917. The van der Waals surface area contributed by atoms with Gasteiger partial charge < -0.3 is 15.4 Å². The predicted octanol–water partition coefficient (Wildman–Crippen LogP) is 2.96. The third kappa shape index (κ3) is 4.27. The highest BCUT2D eigenvalue weighted by Gasteiger charge is 2.53. The molecule has 2 saturated carbocycles. The highest BCUT2D eigenvalue weighted by Crippen LogP contribution is 2.52. The Labute approximate surface area is 180 Å². The molecule has 6 fully saturated rings. The monoisotopic (exact) mass is 417 g/mol. The van der Waals surface area contributed by atoms with Crippen LogP contribution in [0.5, 0.6) is 0 Å². The van der Waals surface area contributed by atoms with E-state index >= 15 is 0 Å². The number of fused-ring (bicyclic) bond motifs is 2. The number of rotatable bonds is 5. The van der Waals surface area contributed by atoms with Crippen molar-refractivity contribution in [2.24, 2.45) is 17.8 Å². The Morgan fingerprint density at radius 3 is 2.17 bits per heavy atom. The average Bonchev–Trinajstić information content (AvgIpc) is 2.81. The van der Waals surface area contributed by atoms with E-state index in [0.717, 1.165) is 50.4 Å². The number of nitrogens with one attached hydrogen (secondary N) is 2. The first-order valence-corrected chi connectivity index (χ1v) is 12.2. The number of ether oxygens (including phenoxy) is 1. The van der Waals surface area contributed by atoms with Gasteiger partial charge in [0, 0.05) is 24.0 Å². The molecule has 2 aliphatic carbocycles. The summed E-state index contributed by atoms with van der Waals surface area (Å²) in [6.07, 6.45) is 11.1. The number of nitrogens with zero attached hydrogens (tertiary/aromatic N) is 1. The standard InChI is InChI=1S/C24H39N3O3/c1-23(2,3)25-22(29)14-27-18-4-5-19(27)8-15(7-18)11-21(28)26-24-12-16-6-17(13-24)10-20(9-16)30-24/h15-20H,4-14H2,1-3H3,(H,25,29)(H,26,28)/t15?,16?,17?,18-,19?,20?,24?/m1/s1. The van der Waals surface area contributed by atoms with E-state index in [1.165, 1.54) is 19.3 Å². The third-order valence-corrected chi connectivity index (χ3v) is 8.15. The highest BCUT2D eigenvalue weighted by molar-refractivity contribution is 5.79. The quantitative estimate of drug-likeness (QED) is 0.722. The zero-order valence-corrected chi connectivity index (χ0v) is 18.9. The largest absolute Gasteiger partial charge is 0.353 e. The predicted molar refractivity (Wildman–Crippen MR) is 115 cm³/mol. The Bertz CT molecular complexity index is 651. The van der Waals surface area contributed by atoms with Crippen LogP contribution in [0.1, 0.15) is 85.0 Å². The normalized spacial score (nSPS) is 42.4. The van der Waals surface area contributed by atoms with E-state index < -0.39 is 0 Å². The van der Waals surface area contributed by atoms with Crippen LogP contribution < -0.4 is 10.6 Å². The minimum Gasteiger partial charge on any atom is -0.353 e. The molecular weight excluding hydrogens is 378 g/mol. The summed E-state index contributed by atoms with van der Waals surface area (Å²) in [5, 5.41) is 6.44. The number of hydrogen-bond acceptors (Lipinski definition) is 4. The number of hydrogen-bond donors (Lipinski definition) is 2. The molecule has 168 valence electrons. The Balaban J connectivity index is 1.14. The second-order valence-corrected chi connectivity index (χ2v) is 12.0. The molecule has 2 N–H and O–H groups in total. The Morgan fingerprint density at radius 1 is 0.967 bits per heavy atom. The molecule has 0 aromatic rings. The van der Waals surface area contributed by atoms with Crippen LogP contribution in [0, 0.1) is 17.8 Å². The maximum Gasteiger partial charge on any atom is 0.234 e. The molecule has 6 heteroatoms. The van der Waals surface area contributed by atoms with Gasteiger partial charge in [-0.15, -0.1) is 0 Å². The number of amides is 2. The minimum atomic E-state index is -0.365. The maximum atomic E-state index is 13.0. The first kappa shape index (κ1) is 20.7. The fourth-order valence-corrected chi connectivity index (χ4v) is 7.50. The van der Waals surface area contributed by atoms with Crippen molar-refractivity contribution in [3.63, 3.8) is 0 Å². The van der Waals surface area contributed by atoms with E-state index in [9.17, 15) is 9.59 Å². The number of carbonyl (C=O) groups excluding carboxylic acids is 2. The molecule has 30 heavy (non-hydrogen) atoms. The van der Waals surface area contributed by atoms with Gasteiger partial charge in [-0.3, -0.25) is 14.5 Å². The maximum absolute atomic E-state index is 13.0. The summed E-state index contributed by atoms with van der Waals surface area (Å²) >= 11 is 0. The Kier molecular flexibility index (Phi) is 5.17. The molecule has 4 saturated heterocycles. The first-order chi connectivity index (χ1) is 14.2. The molecule has 0 radical (unpaired) electrons. The molecule has 5 atom stereocenters. The lowest BCUT2D eigenvalue weighted by Gasteiger charge is -2.56. The van der Waals surface area contributed by atoms with Crippen LogP contribution in [-0.4, -0.2) is 52.7 Å². The molecule has 4 heterocycles. The van der Waals surface area contributed by atoms with Gasteiger partial charge in [0.15, 0.2) is 0 Å². The zero-order valence-electron chi connectivity index (χ0n) is 18.9. The van der Waals surface area contributed by atoms with Crippen LogP contribution in [0.25, 0.3) is 0 Å². The highest BCUT2D eigenvalue weighted by atomic mass is 16.5. The Hall–Kier alpha value is -1.14. The molecular formula is C24H39N3O3. The molecule has 4 aliphatic heterocycles. The van der Waals surface area contributed by atoms with E-state index in [4.69, 9.17) is 4.74 Å². The number of carbonyl (C=O) groups is 2. The summed E-state index contributed by atoms with van der Waals surface area (Å²) in [4.78, 5) is 27.8. The van der Waals surface area contributed by atoms with Crippen molar-refractivity contribution in [3.8, 4) is 0 Å². The molecule has 0 aromatic heterocycles. The van der Waals surface area contributed by atoms with Crippen LogP contribution in [0.4, 0.5) is 0 Å². The van der Waals surface area contributed by atoms with Gasteiger partial charge in [0.2, 0.25) is 11.8 Å². The summed E-state index contributed by atoms with van der Waals surface area (Å²) in [5.74, 6) is 2.22. The van der Waals surface area contributed by atoms with Gasteiger partial charge in [-0.2, -0.15) is 0 Å². The van der Waals surface area contributed by atoms with Crippen molar-refractivity contribution < 1.29 is 14.3 Å². The Morgan fingerprint density at radius 2 is 1.60 bits per heavy atom. The van der Waals surface area contributed by atoms with E-state index in [1.54, 1.807) is 0 Å². The molecule has 4 unspecified atom stereocenters. The van der Waals surface area contributed by atoms with Crippen molar-refractivity contribution in [1.29, 1.82) is 0 Å². The van der Waals surface area contributed by atoms with Crippen LogP contribution in [0.15, 0.2) is 0 Å². The van der Waals surface area contributed by atoms with Gasteiger partial charge in [-0.05, 0) is 96.3 Å². The summed E-state index contributed by atoms with van der Waals surface area (Å²) in [5.41, 5.74) is -0.553. The average molecular weight is 418 g/mol. The van der Waals surface area contributed by atoms with E-state index in [1.807, 2.05) is 20.8 Å². The van der Waals surface area contributed by atoms with Crippen LogP contribution in [0.3, 0.4) is 0 Å². The summed E-state index contributed by atoms with van der Waals surface area (Å²) in [6.45, 7) is 6.57.